The first-order chi connectivity index (χ1) is 24.9. The Balaban J connectivity index is 2.50. The highest BCUT2D eigenvalue weighted by atomic mass is 16.5. The summed E-state index contributed by atoms with van der Waals surface area (Å²) >= 11 is 0. The molecule has 0 spiro atoms. The maximum absolute atomic E-state index is 13.6. The maximum atomic E-state index is 13.6. The fourth-order valence-electron chi connectivity index (χ4n) is 5.87. The summed E-state index contributed by atoms with van der Waals surface area (Å²) in [5.41, 5.74) is 1.55. The van der Waals surface area contributed by atoms with Crippen molar-refractivity contribution in [3.05, 3.63) is 58.7 Å². The molecule has 0 saturated carbocycles. The van der Waals surface area contributed by atoms with Gasteiger partial charge in [0.15, 0.2) is 0 Å². The molecular formula is C44H66O8. The summed E-state index contributed by atoms with van der Waals surface area (Å²) in [5.74, 6) is -1.69. The molecule has 0 aliphatic rings. The van der Waals surface area contributed by atoms with Crippen LogP contribution in [0.5, 0.6) is 0 Å². The van der Waals surface area contributed by atoms with Crippen LogP contribution in [-0.4, -0.2) is 50.3 Å². The number of benzene rings is 2. The highest BCUT2D eigenvalue weighted by Gasteiger charge is 2.25. The van der Waals surface area contributed by atoms with E-state index in [2.05, 4.69) is 27.7 Å². The van der Waals surface area contributed by atoms with E-state index in [1.807, 2.05) is 27.7 Å². The summed E-state index contributed by atoms with van der Waals surface area (Å²) in [4.78, 5) is 53.9. The molecule has 2 rings (SSSR count). The van der Waals surface area contributed by atoms with Gasteiger partial charge in [0.25, 0.3) is 0 Å². The Labute approximate surface area is 313 Å². The van der Waals surface area contributed by atoms with Gasteiger partial charge in [0.1, 0.15) is 0 Å². The van der Waals surface area contributed by atoms with Gasteiger partial charge in [0, 0.05) is 0 Å². The average Bonchev–Trinajstić information content (AvgIpc) is 3.16. The molecule has 8 heteroatoms. The molecule has 0 aliphatic carbocycles. The van der Waals surface area contributed by atoms with Crippen LogP contribution in [0.25, 0.3) is 11.1 Å². The molecule has 0 bridgehead atoms. The Morgan fingerprint density at radius 2 is 0.673 bits per heavy atom. The normalized spacial score (nSPS) is 13.5. The van der Waals surface area contributed by atoms with Gasteiger partial charge in [-0.1, -0.05) is 119 Å². The molecular weight excluding hydrogens is 656 g/mol. The van der Waals surface area contributed by atoms with Crippen LogP contribution in [0.1, 0.15) is 174 Å². The topological polar surface area (TPSA) is 105 Å². The van der Waals surface area contributed by atoms with Crippen molar-refractivity contribution < 1.29 is 38.1 Å². The smallest absolute Gasteiger partial charge is 0.339 e. The zero-order valence-corrected chi connectivity index (χ0v) is 33.4. The second kappa shape index (κ2) is 24.5. The van der Waals surface area contributed by atoms with E-state index in [1.165, 1.54) is 0 Å². The minimum absolute atomic E-state index is 0.0878. The van der Waals surface area contributed by atoms with Gasteiger partial charge in [0.05, 0.1) is 48.7 Å². The lowest BCUT2D eigenvalue weighted by Crippen LogP contribution is -2.19. The molecule has 2 aromatic rings. The number of hydrogen-bond acceptors (Lipinski definition) is 8. The van der Waals surface area contributed by atoms with E-state index >= 15 is 0 Å². The largest absolute Gasteiger partial charge is 0.462 e. The van der Waals surface area contributed by atoms with E-state index in [1.54, 1.807) is 36.4 Å². The van der Waals surface area contributed by atoms with Crippen LogP contribution in [0, 0.1) is 23.7 Å². The van der Waals surface area contributed by atoms with Crippen molar-refractivity contribution in [3.8, 4) is 11.1 Å². The van der Waals surface area contributed by atoms with Crippen molar-refractivity contribution in [3.63, 3.8) is 0 Å². The van der Waals surface area contributed by atoms with E-state index in [-0.39, 0.29) is 72.4 Å². The van der Waals surface area contributed by atoms with Crippen LogP contribution in [0.2, 0.25) is 0 Å². The van der Waals surface area contributed by atoms with Crippen LogP contribution in [0.3, 0.4) is 0 Å². The zero-order chi connectivity index (χ0) is 38.5. The van der Waals surface area contributed by atoms with Crippen LogP contribution in [0.15, 0.2) is 36.4 Å². The summed E-state index contributed by atoms with van der Waals surface area (Å²) in [5, 5.41) is 0. The van der Waals surface area contributed by atoms with Crippen molar-refractivity contribution in [1.29, 1.82) is 0 Å². The minimum Gasteiger partial charge on any atom is -0.462 e. The van der Waals surface area contributed by atoms with Crippen molar-refractivity contribution >= 4 is 23.9 Å². The fraction of sp³-hybridized carbons (Fsp3) is 0.636. The Morgan fingerprint density at radius 3 is 0.923 bits per heavy atom. The third-order valence-electron chi connectivity index (χ3n) is 9.45. The lowest BCUT2D eigenvalue weighted by Gasteiger charge is -2.17. The highest BCUT2D eigenvalue weighted by molar-refractivity contribution is 6.06. The second-order valence-electron chi connectivity index (χ2n) is 14.9. The molecule has 290 valence electrons. The van der Waals surface area contributed by atoms with E-state index in [0.717, 1.165) is 77.0 Å². The van der Waals surface area contributed by atoms with E-state index in [9.17, 15) is 19.2 Å². The molecule has 0 radical (unpaired) electrons. The highest BCUT2D eigenvalue weighted by Crippen LogP contribution is 2.28. The summed E-state index contributed by atoms with van der Waals surface area (Å²) < 4.78 is 22.8. The molecule has 52 heavy (non-hydrogen) atoms. The number of carbonyl (C=O) groups excluding carboxylic acids is 4. The van der Waals surface area contributed by atoms with Crippen molar-refractivity contribution in [2.24, 2.45) is 23.7 Å². The molecule has 0 fully saturated rings. The fourth-order valence-corrected chi connectivity index (χ4v) is 5.87. The van der Waals surface area contributed by atoms with Crippen molar-refractivity contribution in [2.75, 3.05) is 26.4 Å². The molecule has 0 amide bonds. The molecule has 0 aliphatic heterocycles. The molecule has 4 atom stereocenters. The number of carbonyl (C=O) groups is 4. The Kier molecular flexibility index (Phi) is 21.0. The predicted molar refractivity (Wildman–Crippen MR) is 208 cm³/mol. The lowest BCUT2D eigenvalue weighted by molar-refractivity contribution is 0.0396. The number of rotatable bonds is 25. The van der Waals surface area contributed by atoms with E-state index in [0.29, 0.717) is 11.1 Å². The zero-order valence-electron chi connectivity index (χ0n) is 33.4. The maximum Gasteiger partial charge on any atom is 0.339 e. The van der Waals surface area contributed by atoms with Gasteiger partial charge in [0.2, 0.25) is 0 Å². The van der Waals surface area contributed by atoms with Crippen LogP contribution < -0.4 is 0 Å². The van der Waals surface area contributed by atoms with E-state index < -0.39 is 23.9 Å². The van der Waals surface area contributed by atoms with Gasteiger partial charge >= 0.3 is 23.9 Å². The molecule has 0 saturated heterocycles. The third-order valence-corrected chi connectivity index (χ3v) is 9.45. The van der Waals surface area contributed by atoms with Gasteiger partial charge in [-0.25, -0.2) is 19.2 Å². The van der Waals surface area contributed by atoms with Gasteiger partial charge in [-0.3, -0.25) is 0 Å². The molecule has 0 N–H and O–H groups in total. The second-order valence-corrected chi connectivity index (χ2v) is 14.9. The first kappa shape index (κ1) is 44.5. The standard InChI is InChI=1S/C44H66O8/c1-9-13-17-31(5)27-49-41(45)37-23-21-35(25-39(37)43(47)51-29-33(7)19-15-11-3)36-22-24-38(42(46)50-28-32(6)18-14-10-2)40(26-36)44(48)52-30-34(8)20-16-12-4/h21-26,31-34H,9-20,27-30H2,1-8H3. The molecule has 2 aromatic carbocycles. The number of hydrogen-bond donors (Lipinski definition) is 0. The SMILES string of the molecule is CCCCC(C)COC(=O)c1ccc(-c2ccc(C(=O)OCC(C)CCCC)c(C(=O)OCC(C)CCCC)c2)cc1C(=O)OCC(C)CCCC. The molecule has 8 nitrogen and oxygen atoms in total. The van der Waals surface area contributed by atoms with Crippen LogP contribution in [-0.2, 0) is 18.9 Å². The van der Waals surface area contributed by atoms with Gasteiger partial charge < -0.3 is 18.9 Å². The third kappa shape index (κ3) is 15.5. The Hall–Kier alpha value is -3.68. The lowest BCUT2D eigenvalue weighted by atomic mass is 9.95. The Morgan fingerprint density at radius 1 is 0.423 bits per heavy atom. The van der Waals surface area contributed by atoms with Gasteiger partial charge in [-0.05, 0) is 84.7 Å². The van der Waals surface area contributed by atoms with Crippen LogP contribution in [0.4, 0.5) is 0 Å². The predicted octanol–water partition coefficient (Wildman–Crippen LogP) is 11.3. The monoisotopic (exact) mass is 722 g/mol. The summed E-state index contributed by atoms with van der Waals surface area (Å²) in [6.07, 6.45) is 12.1. The summed E-state index contributed by atoms with van der Waals surface area (Å²) in [6, 6.07) is 9.75. The van der Waals surface area contributed by atoms with E-state index in [4.69, 9.17) is 18.9 Å². The molecule has 0 aromatic heterocycles. The number of esters is 4. The molecule has 4 unspecified atom stereocenters. The number of ether oxygens (including phenoxy) is 4. The number of unbranched alkanes of at least 4 members (excludes halogenated alkanes) is 4. The van der Waals surface area contributed by atoms with Crippen molar-refractivity contribution in [1.82, 2.24) is 0 Å². The minimum atomic E-state index is -0.616. The quantitative estimate of drug-likeness (QED) is 0.0736. The Bertz CT molecular complexity index is 1290. The summed E-state index contributed by atoms with van der Waals surface area (Å²) in [7, 11) is 0. The first-order valence-corrected chi connectivity index (χ1v) is 19.9. The van der Waals surface area contributed by atoms with Crippen molar-refractivity contribution in [2.45, 2.75) is 132 Å². The molecule has 0 heterocycles. The van der Waals surface area contributed by atoms with Gasteiger partial charge in [-0.15, -0.1) is 0 Å². The average molecular weight is 723 g/mol. The van der Waals surface area contributed by atoms with Gasteiger partial charge in [-0.2, -0.15) is 0 Å². The van der Waals surface area contributed by atoms with Crippen LogP contribution >= 0.6 is 0 Å². The summed E-state index contributed by atoms with van der Waals surface area (Å²) in [6.45, 7) is 17.6. The first-order valence-electron chi connectivity index (χ1n) is 19.9.